The van der Waals surface area contributed by atoms with E-state index in [2.05, 4.69) is 11.8 Å². The van der Waals surface area contributed by atoms with E-state index in [1.54, 1.807) is 12.1 Å². The fraction of sp³-hybridized carbons (Fsp3) is 0. The SMILES string of the molecule is C=Cc1ccc(C#N)cc1N=O. The average molecular weight is 158 g/mol. The fourth-order valence-electron chi connectivity index (χ4n) is 0.865. The molecule has 0 amide bonds. The Bertz CT molecular complexity index is 363. The van der Waals surface area contributed by atoms with Gasteiger partial charge in [0.25, 0.3) is 0 Å². The van der Waals surface area contributed by atoms with Crippen molar-refractivity contribution < 1.29 is 0 Å². The zero-order valence-electron chi connectivity index (χ0n) is 6.32. The molecule has 0 saturated heterocycles. The molecule has 0 saturated carbocycles. The zero-order valence-corrected chi connectivity index (χ0v) is 6.32. The molecule has 0 aliphatic heterocycles. The molecule has 0 N–H and O–H groups in total. The fourth-order valence-corrected chi connectivity index (χ4v) is 0.865. The number of nitriles is 1. The van der Waals surface area contributed by atoms with Crippen LogP contribution in [0.1, 0.15) is 11.1 Å². The Morgan fingerprint density at radius 1 is 1.58 bits per heavy atom. The summed E-state index contributed by atoms with van der Waals surface area (Å²) in [6, 6.07) is 6.61. The lowest BCUT2D eigenvalue weighted by molar-refractivity contribution is 1.43. The number of hydrogen-bond donors (Lipinski definition) is 0. The van der Waals surface area contributed by atoms with Gasteiger partial charge in [-0.1, -0.05) is 18.7 Å². The highest BCUT2D eigenvalue weighted by atomic mass is 16.3. The van der Waals surface area contributed by atoms with Gasteiger partial charge in [-0.15, -0.1) is 4.91 Å². The van der Waals surface area contributed by atoms with Gasteiger partial charge in [0, 0.05) is 5.56 Å². The standard InChI is InChI=1S/C9H6N2O/c1-2-8-4-3-7(6-10)5-9(8)11-12/h2-5H,1H2. The van der Waals surface area contributed by atoms with E-state index in [1.807, 2.05) is 6.07 Å². The molecule has 0 aliphatic rings. The molecule has 3 nitrogen and oxygen atoms in total. The monoisotopic (exact) mass is 158 g/mol. The third kappa shape index (κ3) is 1.38. The maximum absolute atomic E-state index is 10.2. The van der Waals surface area contributed by atoms with Gasteiger partial charge in [-0.2, -0.15) is 5.26 Å². The summed E-state index contributed by atoms with van der Waals surface area (Å²) >= 11 is 0. The number of hydrogen-bond acceptors (Lipinski definition) is 3. The van der Waals surface area contributed by atoms with Gasteiger partial charge < -0.3 is 0 Å². The second kappa shape index (κ2) is 3.44. The Morgan fingerprint density at radius 3 is 2.83 bits per heavy atom. The second-order valence-electron chi connectivity index (χ2n) is 2.18. The van der Waals surface area contributed by atoms with Gasteiger partial charge in [-0.05, 0) is 17.3 Å². The van der Waals surface area contributed by atoms with E-state index >= 15 is 0 Å². The van der Waals surface area contributed by atoms with Crippen molar-refractivity contribution in [3.05, 3.63) is 40.8 Å². The van der Waals surface area contributed by atoms with E-state index in [-0.39, 0.29) is 5.69 Å². The first-order valence-corrected chi connectivity index (χ1v) is 3.31. The molecule has 0 radical (unpaired) electrons. The van der Waals surface area contributed by atoms with Gasteiger partial charge in [0.2, 0.25) is 0 Å². The van der Waals surface area contributed by atoms with Crippen LogP contribution in [0.4, 0.5) is 5.69 Å². The molecular weight excluding hydrogens is 152 g/mol. The van der Waals surface area contributed by atoms with Crippen LogP contribution in [-0.2, 0) is 0 Å². The van der Waals surface area contributed by atoms with Crippen molar-refractivity contribution in [1.82, 2.24) is 0 Å². The van der Waals surface area contributed by atoms with Crippen LogP contribution in [-0.4, -0.2) is 0 Å². The minimum absolute atomic E-state index is 0.254. The van der Waals surface area contributed by atoms with Crippen LogP contribution in [0, 0.1) is 16.2 Å². The minimum Gasteiger partial charge on any atom is -0.192 e. The average Bonchev–Trinajstić information content (AvgIpc) is 2.16. The lowest BCUT2D eigenvalue weighted by Crippen LogP contribution is -1.76. The van der Waals surface area contributed by atoms with E-state index in [0.717, 1.165) is 0 Å². The molecular formula is C9H6N2O. The van der Waals surface area contributed by atoms with Gasteiger partial charge in [0.15, 0.2) is 0 Å². The van der Waals surface area contributed by atoms with Gasteiger partial charge in [0.1, 0.15) is 5.69 Å². The first-order chi connectivity index (χ1) is 5.81. The van der Waals surface area contributed by atoms with Crippen LogP contribution in [0.2, 0.25) is 0 Å². The summed E-state index contributed by atoms with van der Waals surface area (Å²) in [5.74, 6) is 0. The maximum Gasteiger partial charge on any atom is 0.116 e. The van der Waals surface area contributed by atoms with Crippen molar-refractivity contribution in [2.24, 2.45) is 5.18 Å². The van der Waals surface area contributed by atoms with Gasteiger partial charge in [0.05, 0.1) is 11.6 Å². The van der Waals surface area contributed by atoms with Gasteiger partial charge in [-0.3, -0.25) is 0 Å². The van der Waals surface area contributed by atoms with Crippen LogP contribution >= 0.6 is 0 Å². The van der Waals surface area contributed by atoms with Gasteiger partial charge >= 0.3 is 0 Å². The molecule has 1 rings (SSSR count). The molecule has 12 heavy (non-hydrogen) atoms. The molecule has 0 heterocycles. The molecule has 0 unspecified atom stereocenters. The highest BCUT2D eigenvalue weighted by Crippen LogP contribution is 2.21. The molecule has 1 aromatic carbocycles. The van der Waals surface area contributed by atoms with Crippen LogP contribution in [0.15, 0.2) is 30.0 Å². The third-order valence-corrected chi connectivity index (χ3v) is 1.48. The van der Waals surface area contributed by atoms with Crippen molar-refractivity contribution in [2.45, 2.75) is 0 Å². The number of benzene rings is 1. The normalized spacial score (nSPS) is 8.58. The van der Waals surface area contributed by atoms with Crippen molar-refractivity contribution >= 4 is 11.8 Å². The topological polar surface area (TPSA) is 53.2 Å². The second-order valence-corrected chi connectivity index (χ2v) is 2.18. The van der Waals surface area contributed by atoms with Crippen molar-refractivity contribution in [3.8, 4) is 6.07 Å². The van der Waals surface area contributed by atoms with E-state index in [0.29, 0.717) is 11.1 Å². The molecule has 0 fully saturated rings. The quantitative estimate of drug-likeness (QED) is 0.621. The Kier molecular flexibility index (Phi) is 2.34. The zero-order chi connectivity index (χ0) is 8.97. The summed E-state index contributed by atoms with van der Waals surface area (Å²) in [6.45, 7) is 3.51. The number of nitrogens with zero attached hydrogens (tertiary/aromatic N) is 2. The highest BCUT2D eigenvalue weighted by Gasteiger charge is 1.99. The predicted octanol–water partition coefficient (Wildman–Crippen LogP) is 2.60. The van der Waals surface area contributed by atoms with Crippen LogP contribution in [0.5, 0.6) is 0 Å². The molecule has 0 bridgehead atoms. The van der Waals surface area contributed by atoms with E-state index in [1.165, 1.54) is 12.1 Å². The molecule has 0 spiro atoms. The van der Waals surface area contributed by atoms with E-state index < -0.39 is 0 Å². The minimum atomic E-state index is 0.254. The summed E-state index contributed by atoms with van der Waals surface area (Å²) in [4.78, 5) is 10.2. The predicted molar refractivity (Wildman–Crippen MR) is 46.7 cm³/mol. The Labute approximate surface area is 69.9 Å². The molecule has 0 aliphatic carbocycles. The van der Waals surface area contributed by atoms with E-state index in [9.17, 15) is 4.91 Å². The number of rotatable bonds is 2. The Hall–Kier alpha value is -1.95. The van der Waals surface area contributed by atoms with Crippen LogP contribution < -0.4 is 0 Å². The van der Waals surface area contributed by atoms with Crippen molar-refractivity contribution in [3.63, 3.8) is 0 Å². The Morgan fingerprint density at radius 2 is 2.33 bits per heavy atom. The maximum atomic E-state index is 10.2. The van der Waals surface area contributed by atoms with E-state index in [4.69, 9.17) is 5.26 Å². The van der Waals surface area contributed by atoms with Gasteiger partial charge in [-0.25, -0.2) is 0 Å². The van der Waals surface area contributed by atoms with Crippen molar-refractivity contribution in [1.29, 1.82) is 5.26 Å². The highest BCUT2D eigenvalue weighted by molar-refractivity contribution is 5.64. The summed E-state index contributed by atoms with van der Waals surface area (Å²) < 4.78 is 0. The summed E-state index contributed by atoms with van der Waals surface area (Å²) in [5, 5.41) is 11.3. The summed E-state index contributed by atoms with van der Waals surface area (Å²) in [7, 11) is 0. The first-order valence-electron chi connectivity index (χ1n) is 3.31. The molecule has 0 aromatic heterocycles. The van der Waals surface area contributed by atoms with Crippen molar-refractivity contribution in [2.75, 3.05) is 0 Å². The summed E-state index contributed by atoms with van der Waals surface area (Å²) in [6.07, 6.45) is 1.53. The van der Waals surface area contributed by atoms with Crippen LogP contribution in [0.3, 0.4) is 0 Å². The third-order valence-electron chi connectivity index (χ3n) is 1.48. The molecule has 0 atom stereocenters. The smallest absolute Gasteiger partial charge is 0.116 e. The Balaban J connectivity index is 3.30. The number of nitroso groups, excluding NO2 is 1. The molecule has 58 valence electrons. The molecule has 3 heteroatoms. The first kappa shape index (κ1) is 8.15. The largest absolute Gasteiger partial charge is 0.192 e. The lowest BCUT2D eigenvalue weighted by Gasteiger charge is -1.95. The lowest BCUT2D eigenvalue weighted by atomic mass is 10.1. The van der Waals surface area contributed by atoms with Crippen LogP contribution in [0.25, 0.3) is 6.08 Å². The summed E-state index contributed by atoms with van der Waals surface area (Å²) in [5.41, 5.74) is 1.32. The molecule has 1 aromatic rings.